The zero-order chi connectivity index (χ0) is 16.4. The maximum absolute atomic E-state index is 14.9. The SMILES string of the molecule is CC(C)(O)C(C)(C)O[B]c1ccc(C2(F)CCNCC2)cc1. The van der Waals surface area contributed by atoms with Crippen molar-refractivity contribution in [2.45, 2.75) is 57.4 Å². The molecule has 1 aromatic carbocycles. The number of nitrogens with one attached hydrogen (secondary N) is 1. The molecule has 1 saturated heterocycles. The van der Waals surface area contributed by atoms with Crippen molar-refractivity contribution in [1.29, 1.82) is 0 Å². The average Bonchev–Trinajstić information content (AvgIpc) is 2.45. The van der Waals surface area contributed by atoms with Gasteiger partial charge in [0.1, 0.15) is 5.67 Å². The van der Waals surface area contributed by atoms with Crippen molar-refractivity contribution in [3.8, 4) is 0 Å². The molecule has 5 heteroatoms. The molecule has 1 aromatic rings. The number of halogens is 1. The molecule has 1 aliphatic heterocycles. The number of benzene rings is 1. The van der Waals surface area contributed by atoms with Crippen LogP contribution in [0.3, 0.4) is 0 Å². The smallest absolute Gasteiger partial charge is 0.330 e. The standard InChI is InChI=1S/C17H26BFNO2/c1-15(2,21)16(3,4)22-18-14-7-5-13(6-8-14)17(19)9-11-20-12-10-17/h5-8,20-21H,9-12H2,1-4H3. The number of rotatable bonds is 5. The first-order valence-electron chi connectivity index (χ1n) is 7.88. The van der Waals surface area contributed by atoms with Gasteiger partial charge in [0.25, 0.3) is 0 Å². The Kier molecular flexibility index (Phi) is 5.00. The monoisotopic (exact) mass is 306 g/mol. The molecule has 3 nitrogen and oxygen atoms in total. The summed E-state index contributed by atoms with van der Waals surface area (Å²) in [5.74, 6) is 0. The molecule has 22 heavy (non-hydrogen) atoms. The minimum atomic E-state index is -1.23. The second kappa shape index (κ2) is 6.30. The molecule has 1 radical (unpaired) electrons. The van der Waals surface area contributed by atoms with Gasteiger partial charge in [-0.15, -0.1) is 0 Å². The van der Waals surface area contributed by atoms with Crippen molar-refractivity contribution in [1.82, 2.24) is 5.32 Å². The second-order valence-electron chi connectivity index (χ2n) is 7.14. The first-order valence-corrected chi connectivity index (χ1v) is 7.88. The van der Waals surface area contributed by atoms with Gasteiger partial charge in [0.15, 0.2) is 0 Å². The molecule has 2 rings (SSSR count). The topological polar surface area (TPSA) is 41.5 Å². The van der Waals surface area contributed by atoms with E-state index in [-0.39, 0.29) is 0 Å². The first-order chi connectivity index (χ1) is 10.1. The lowest BCUT2D eigenvalue weighted by molar-refractivity contribution is -0.0893. The van der Waals surface area contributed by atoms with Crippen molar-refractivity contribution < 1.29 is 14.2 Å². The Hall–Kier alpha value is -0.905. The number of piperidine rings is 1. The molecule has 1 heterocycles. The summed E-state index contributed by atoms with van der Waals surface area (Å²) in [5, 5.41) is 13.3. The van der Waals surface area contributed by atoms with Crippen LogP contribution in [0.4, 0.5) is 4.39 Å². The van der Waals surface area contributed by atoms with Crippen LogP contribution in [0.1, 0.15) is 46.1 Å². The lowest BCUT2D eigenvalue weighted by atomic mass is 9.80. The molecular weight excluding hydrogens is 280 g/mol. The minimum Gasteiger partial charge on any atom is -0.427 e. The van der Waals surface area contributed by atoms with Gasteiger partial charge < -0.3 is 15.1 Å². The number of hydrogen-bond donors (Lipinski definition) is 2. The summed E-state index contributed by atoms with van der Waals surface area (Å²) >= 11 is 0. The molecule has 0 amide bonds. The Morgan fingerprint density at radius 3 is 2.18 bits per heavy atom. The number of alkyl halides is 1. The third-order valence-electron chi connectivity index (χ3n) is 4.79. The fourth-order valence-electron chi connectivity index (χ4n) is 2.33. The predicted molar refractivity (Wildman–Crippen MR) is 88.2 cm³/mol. The van der Waals surface area contributed by atoms with E-state index in [0.717, 1.165) is 11.0 Å². The van der Waals surface area contributed by atoms with Gasteiger partial charge in [0, 0.05) is 0 Å². The van der Waals surface area contributed by atoms with Crippen LogP contribution in [0.5, 0.6) is 0 Å². The quantitative estimate of drug-likeness (QED) is 0.818. The molecule has 0 spiro atoms. The third-order valence-corrected chi connectivity index (χ3v) is 4.79. The van der Waals surface area contributed by atoms with Crippen LogP contribution in [0, 0.1) is 0 Å². The van der Waals surface area contributed by atoms with Crippen molar-refractivity contribution in [2.24, 2.45) is 0 Å². The van der Waals surface area contributed by atoms with Crippen LogP contribution in [0.25, 0.3) is 0 Å². The van der Waals surface area contributed by atoms with Crippen LogP contribution in [0.2, 0.25) is 0 Å². The third kappa shape index (κ3) is 3.89. The van der Waals surface area contributed by atoms with E-state index in [2.05, 4.69) is 5.32 Å². The van der Waals surface area contributed by atoms with Crippen molar-refractivity contribution >= 4 is 12.9 Å². The molecule has 0 saturated carbocycles. The number of hydrogen-bond acceptors (Lipinski definition) is 3. The molecular formula is C17H26BFNO2. The van der Waals surface area contributed by atoms with Gasteiger partial charge in [-0.2, -0.15) is 0 Å². The number of aliphatic hydroxyl groups is 1. The normalized spacial score (nSPS) is 19.0. The minimum absolute atomic E-state index is 0.512. The van der Waals surface area contributed by atoms with Gasteiger partial charge in [-0.1, -0.05) is 29.7 Å². The summed E-state index contributed by atoms with van der Waals surface area (Å²) in [6.45, 7) is 8.54. The van der Waals surface area contributed by atoms with E-state index in [1.165, 1.54) is 0 Å². The van der Waals surface area contributed by atoms with E-state index in [1.54, 1.807) is 21.3 Å². The van der Waals surface area contributed by atoms with Crippen LogP contribution >= 0.6 is 0 Å². The molecule has 0 aliphatic carbocycles. The fourth-order valence-corrected chi connectivity index (χ4v) is 2.33. The lowest BCUT2D eigenvalue weighted by Gasteiger charge is -2.37. The zero-order valence-electron chi connectivity index (χ0n) is 13.9. The van der Waals surface area contributed by atoms with Gasteiger partial charge in [0.2, 0.25) is 0 Å². The van der Waals surface area contributed by atoms with Crippen molar-refractivity contribution in [2.75, 3.05) is 13.1 Å². The Bertz CT molecular complexity index is 490. The van der Waals surface area contributed by atoms with Gasteiger partial charge >= 0.3 is 7.48 Å². The molecule has 121 valence electrons. The summed E-state index contributed by atoms with van der Waals surface area (Å²) in [4.78, 5) is 0. The van der Waals surface area contributed by atoms with E-state index >= 15 is 0 Å². The van der Waals surface area contributed by atoms with E-state index < -0.39 is 16.9 Å². The van der Waals surface area contributed by atoms with E-state index in [4.69, 9.17) is 4.65 Å². The summed E-state index contributed by atoms with van der Waals surface area (Å²) in [6.07, 6.45) is 1.02. The highest BCUT2D eigenvalue weighted by Crippen LogP contribution is 2.34. The molecule has 1 fully saturated rings. The Morgan fingerprint density at radius 1 is 1.14 bits per heavy atom. The van der Waals surface area contributed by atoms with Crippen LogP contribution in [0.15, 0.2) is 24.3 Å². The zero-order valence-corrected chi connectivity index (χ0v) is 13.9. The van der Waals surface area contributed by atoms with Gasteiger partial charge in [0.05, 0.1) is 11.2 Å². The summed E-state index contributed by atoms with van der Waals surface area (Å²) in [6, 6.07) is 7.38. The van der Waals surface area contributed by atoms with Crippen molar-refractivity contribution in [3.63, 3.8) is 0 Å². The summed E-state index contributed by atoms with van der Waals surface area (Å²) < 4.78 is 20.6. The van der Waals surface area contributed by atoms with E-state index in [9.17, 15) is 9.50 Å². The Morgan fingerprint density at radius 2 is 1.68 bits per heavy atom. The highest BCUT2D eigenvalue weighted by molar-refractivity contribution is 6.47. The molecule has 0 bridgehead atoms. The summed E-state index contributed by atoms with van der Waals surface area (Å²) in [5.41, 5.74) is -1.30. The first kappa shape index (κ1) is 17.4. The maximum Gasteiger partial charge on any atom is 0.330 e. The molecule has 0 unspecified atom stereocenters. The molecule has 0 atom stereocenters. The molecule has 0 aromatic heterocycles. The Balaban J connectivity index is 2.01. The molecule has 1 aliphatic rings. The van der Waals surface area contributed by atoms with Gasteiger partial charge in [-0.25, -0.2) is 4.39 Å². The summed E-state index contributed by atoms with van der Waals surface area (Å²) in [7, 11) is 1.62. The highest BCUT2D eigenvalue weighted by atomic mass is 19.1. The second-order valence-corrected chi connectivity index (χ2v) is 7.14. The van der Waals surface area contributed by atoms with Crippen LogP contribution in [-0.4, -0.2) is 36.9 Å². The largest absolute Gasteiger partial charge is 0.427 e. The van der Waals surface area contributed by atoms with Crippen LogP contribution < -0.4 is 10.8 Å². The highest BCUT2D eigenvalue weighted by Gasteiger charge is 2.36. The van der Waals surface area contributed by atoms with Crippen LogP contribution in [-0.2, 0) is 10.3 Å². The van der Waals surface area contributed by atoms with Gasteiger partial charge in [-0.3, -0.25) is 0 Å². The van der Waals surface area contributed by atoms with E-state index in [0.29, 0.717) is 25.9 Å². The van der Waals surface area contributed by atoms with Gasteiger partial charge in [-0.05, 0) is 59.2 Å². The van der Waals surface area contributed by atoms with E-state index in [1.807, 2.05) is 38.1 Å². The maximum atomic E-state index is 14.9. The lowest BCUT2D eigenvalue weighted by Crippen LogP contribution is -2.49. The molecule has 2 N–H and O–H groups in total. The Labute approximate surface area is 133 Å². The fraction of sp³-hybridized carbons (Fsp3) is 0.647. The predicted octanol–water partition coefficient (Wildman–Crippen LogP) is 2.05. The average molecular weight is 306 g/mol. The van der Waals surface area contributed by atoms with Crippen molar-refractivity contribution in [3.05, 3.63) is 29.8 Å².